The number of rotatable bonds is 5. The molecule has 1 aliphatic carbocycles. The second kappa shape index (κ2) is 7.01. The lowest BCUT2D eigenvalue weighted by Gasteiger charge is -2.35. The fourth-order valence-electron chi connectivity index (χ4n) is 5.82. The molecule has 3 aliphatic rings. The molecule has 1 N–H and O–H groups in total. The van der Waals surface area contributed by atoms with E-state index >= 15 is 0 Å². The minimum atomic E-state index is -0.671. The van der Waals surface area contributed by atoms with Gasteiger partial charge in [-0.25, -0.2) is 0 Å². The van der Waals surface area contributed by atoms with Crippen molar-refractivity contribution >= 4 is 11.9 Å². The standard InChI is InChI=1S/C23H27N3O3/c1-2-29-22(28)23(13-15-7-4-3-5-8-15)14-16-11-12-19(23)26(16)21(27)20-17-9-6-10-18(17)24-25-20/h3-5,7-8,16,19H,2,6,9-14H2,1H3,(H,24,25)/t16-,19+,23+/m1/s1. The number of benzene rings is 1. The SMILES string of the molecule is CCOC(=O)[C@@]1(Cc2ccccc2)C[C@H]2CC[C@@H]1N2C(=O)c1n[nH]c2c1CCC2. The summed E-state index contributed by atoms with van der Waals surface area (Å²) < 4.78 is 5.55. The lowest BCUT2D eigenvalue weighted by Crippen LogP contribution is -2.47. The summed E-state index contributed by atoms with van der Waals surface area (Å²) in [4.78, 5) is 28.7. The molecule has 1 aromatic heterocycles. The van der Waals surface area contributed by atoms with Gasteiger partial charge in [0, 0.05) is 23.3 Å². The van der Waals surface area contributed by atoms with Crippen LogP contribution in [0.3, 0.4) is 0 Å². The van der Waals surface area contributed by atoms with Crippen LogP contribution >= 0.6 is 0 Å². The zero-order valence-corrected chi connectivity index (χ0v) is 16.8. The summed E-state index contributed by atoms with van der Waals surface area (Å²) in [5, 5.41) is 7.41. The maximum absolute atomic E-state index is 13.5. The van der Waals surface area contributed by atoms with Crippen LogP contribution in [-0.4, -0.2) is 45.7 Å². The maximum Gasteiger partial charge on any atom is 0.314 e. The van der Waals surface area contributed by atoms with Crippen LogP contribution in [0.4, 0.5) is 0 Å². The molecule has 6 heteroatoms. The lowest BCUT2D eigenvalue weighted by molar-refractivity contribution is -0.157. The third-order valence-electron chi connectivity index (χ3n) is 7.03. The van der Waals surface area contributed by atoms with Crippen molar-refractivity contribution in [3.8, 4) is 0 Å². The van der Waals surface area contributed by atoms with E-state index in [-0.39, 0.29) is 24.0 Å². The van der Waals surface area contributed by atoms with Crippen molar-refractivity contribution in [3.05, 3.63) is 52.8 Å². The van der Waals surface area contributed by atoms with Gasteiger partial charge < -0.3 is 9.64 Å². The summed E-state index contributed by atoms with van der Waals surface area (Å²) in [6.45, 7) is 2.20. The zero-order chi connectivity index (χ0) is 20.0. The van der Waals surface area contributed by atoms with Gasteiger partial charge in [0.15, 0.2) is 5.69 Å². The van der Waals surface area contributed by atoms with E-state index in [0.717, 1.165) is 48.9 Å². The second-order valence-corrected chi connectivity index (χ2v) is 8.59. The first-order valence-electron chi connectivity index (χ1n) is 10.7. The normalized spacial score (nSPS) is 27.3. The predicted molar refractivity (Wildman–Crippen MR) is 107 cm³/mol. The van der Waals surface area contributed by atoms with Crippen LogP contribution in [0.2, 0.25) is 0 Å². The Bertz CT molecular complexity index is 938. The molecular weight excluding hydrogens is 366 g/mol. The topological polar surface area (TPSA) is 75.3 Å². The zero-order valence-electron chi connectivity index (χ0n) is 16.8. The Labute approximate surface area is 170 Å². The summed E-state index contributed by atoms with van der Waals surface area (Å²) in [5.74, 6) is -0.183. The first-order chi connectivity index (χ1) is 14.1. The molecule has 3 heterocycles. The van der Waals surface area contributed by atoms with Gasteiger partial charge in [-0.05, 0) is 57.4 Å². The van der Waals surface area contributed by atoms with Crippen molar-refractivity contribution in [2.24, 2.45) is 5.41 Å². The average Bonchev–Trinajstić information content (AvgIpc) is 3.48. The number of H-pyrrole nitrogens is 1. The number of amides is 1. The summed E-state index contributed by atoms with van der Waals surface area (Å²) in [5.41, 5.74) is 3.18. The summed E-state index contributed by atoms with van der Waals surface area (Å²) >= 11 is 0. The molecule has 2 saturated heterocycles. The van der Waals surface area contributed by atoms with Gasteiger partial charge in [-0.3, -0.25) is 14.7 Å². The van der Waals surface area contributed by atoms with E-state index in [0.29, 0.717) is 25.1 Å². The number of nitrogens with zero attached hydrogens (tertiary/aromatic N) is 2. The highest BCUT2D eigenvalue weighted by Crippen LogP contribution is 2.53. The van der Waals surface area contributed by atoms with Gasteiger partial charge in [0.05, 0.1) is 12.0 Å². The van der Waals surface area contributed by atoms with E-state index in [1.807, 2.05) is 30.0 Å². The van der Waals surface area contributed by atoms with Crippen LogP contribution in [0, 0.1) is 5.41 Å². The first-order valence-corrected chi connectivity index (χ1v) is 10.7. The minimum Gasteiger partial charge on any atom is -0.465 e. The highest BCUT2D eigenvalue weighted by atomic mass is 16.5. The van der Waals surface area contributed by atoms with Crippen LogP contribution in [-0.2, 0) is 28.8 Å². The Kier molecular flexibility index (Phi) is 4.45. The quantitative estimate of drug-likeness (QED) is 0.792. The van der Waals surface area contributed by atoms with Crippen molar-refractivity contribution in [2.45, 2.75) is 64.0 Å². The van der Waals surface area contributed by atoms with E-state index < -0.39 is 5.41 Å². The van der Waals surface area contributed by atoms with Gasteiger partial charge >= 0.3 is 5.97 Å². The van der Waals surface area contributed by atoms with Gasteiger partial charge in [0.25, 0.3) is 5.91 Å². The molecule has 0 radical (unpaired) electrons. The number of hydrogen-bond donors (Lipinski definition) is 1. The number of hydrogen-bond acceptors (Lipinski definition) is 4. The van der Waals surface area contributed by atoms with E-state index in [1.54, 1.807) is 0 Å². The van der Waals surface area contributed by atoms with E-state index in [1.165, 1.54) is 0 Å². The number of carbonyl (C=O) groups is 2. The summed E-state index contributed by atoms with van der Waals surface area (Å²) in [7, 11) is 0. The van der Waals surface area contributed by atoms with Gasteiger partial charge in [0.2, 0.25) is 0 Å². The van der Waals surface area contributed by atoms with Gasteiger partial charge in [-0.15, -0.1) is 0 Å². The fraction of sp³-hybridized carbons (Fsp3) is 0.522. The Balaban J connectivity index is 1.49. The minimum absolute atomic E-state index is 0.0175. The highest BCUT2D eigenvalue weighted by molar-refractivity contribution is 5.96. The molecule has 1 aromatic carbocycles. The number of aryl methyl sites for hydroxylation is 1. The molecule has 0 unspecified atom stereocenters. The van der Waals surface area contributed by atoms with E-state index in [2.05, 4.69) is 22.3 Å². The highest BCUT2D eigenvalue weighted by Gasteiger charge is 2.62. The van der Waals surface area contributed by atoms with Crippen LogP contribution in [0.15, 0.2) is 30.3 Å². The maximum atomic E-state index is 13.5. The molecule has 2 bridgehead atoms. The third kappa shape index (κ3) is 2.80. The molecule has 2 aliphatic heterocycles. The molecule has 0 spiro atoms. The van der Waals surface area contributed by atoms with Crippen molar-refractivity contribution in [2.75, 3.05) is 6.61 Å². The molecular formula is C23H27N3O3. The largest absolute Gasteiger partial charge is 0.465 e. The van der Waals surface area contributed by atoms with Gasteiger partial charge in [-0.1, -0.05) is 30.3 Å². The average molecular weight is 393 g/mol. The fourth-order valence-corrected chi connectivity index (χ4v) is 5.82. The van der Waals surface area contributed by atoms with Crippen molar-refractivity contribution < 1.29 is 14.3 Å². The van der Waals surface area contributed by atoms with Crippen LogP contribution in [0.25, 0.3) is 0 Å². The smallest absolute Gasteiger partial charge is 0.314 e. The number of ether oxygens (including phenoxy) is 1. The monoisotopic (exact) mass is 393 g/mol. The molecule has 5 rings (SSSR count). The number of fused-ring (bicyclic) bond motifs is 3. The van der Waals surface area contributed by atoms with Crippen molar-refractivity contribution in [1.29, 1.82) is 0 Å². The Morgan fingerprint density at radius 1 is 1.24 bits per heavy atom. The molecule has 0 saturated carbocycles. The molecule has 29 heavy (non-hydrogen) atoms. The summed E-state index contributed by atoms with van der Waals surface area (Å²) in [6.07, 6.45) is 6.00. The molecule has 6 nitrogen and oxygen atoms in total. The molecule has 1 amide bonds. The van der Waals surface area contributed by atoms with E-state index in [4.69, 9.17) is 4.74 Å². The third-order valence-corrected chi connectivity index (χ3v) is 7.03. The first kappa shape index (κ1) is 18.4. The van der Waals surface area contributed by atoms with Crippen molar-refractivity contribution in [3.63, 3.8) is 0 Å². The Morgan fingerprint density at radius 3 is 2.86 bits per heavy atom. The van der Waals surface area contributed by atoms with Crippen molar-refractivity contribution in [1.82, 2.24) is 15.1 Å². The Morgan fingerprint density at radius 2 is 2.07 bits per heavy atom. The number of nitrogens with one attached hydrogen (secondary N) is 1. The Hall–Kier alpha value is -2.63. The van der Waals surface area contributed by atoms with Crippen LogP contribution in [0.5, 0.6) is 0 Å². The lowest BCUT2D eigenvalue weighted by atomic mass is 9.70. The second-order valence-electron chi connectivity index (χ2n) is 8.59. The number of aromatic nitrogens is 2. The van der Waals surface area contributed by atoms with Gasteiger partial charge in [0.1, 0.15) is 0 Å². The number of esters is 1. The number of carbonyl (C=O) groups excluding carboxylic acids is 2. The molecule has 2 aromatic rings. The predicted octanol–water partition coefficient (Wildman–Crippen LogP) is 3.07. The molecule has 152 valence electrons. The summed E-state index contributed by atoms with van der Waals surface area (Å²) in [6, 6.07) is 10.0. The van der Waals surface area contributed by atoms with E-state index in [9.17, 15) is 9.59 Å². The van der Waals surface area contributed by atoms with Crippen LogP contribution < -0.4 is 0 Å². The molecule has 2 fully saturated rings. The van der Waals surface area contributed by atoms with Gasteiger partial charge in [-0.2, -0.15) is 5.10 Å². The molecule has 3 atom stereocenters. The number of aromatic amines is 1. The van der Waals surface area contributed by atoms with Crippen LogP contribution in [0.1, 0.15) is 59.9 Å².